The molecule has 3 aromatic rings. The third-order valence-electron chi connectivity index (χ3n) is 6.10. The van der Waals surface area contributed by atoms with Crippen molar-refractivity contribution < 1.29 is 9.53 Å². The van der Waals surface area contributed by atoms with E-state index in [4.69, 9.17) is 10.5 Å². The van der Waals surface area contributed by atoms with Gasteiger partial charge < -0.3 is 15.8 Å². The first-order valence-corrected chi connectivity index (χ1v) is 10.6. The molecule has 1 aliphatic rings. The lowest BCUT2D eigenvalue weighted by Gasteiger charge is -2.22. The molecule has 7 heteroatoms. The minimum absolute atomic E-state index is 0.00818. The van der Waals surface area contributed by atoms with Crippen LogP contribution < -0.4 is 11.1 Å². The van der Waals surface area contributed by atoms with Crippen LogP contribution in [-0.4, -0.2) is 32.8 Å². The van der Waals surface area contributed by atoms with Crippen molar-refractivity contribution >= 4 is 11.7 Å². The van der Waals surface area contributed by atoms with Gasteiger partial charge in [0.1, 0.15) is 5.82 Å². The number of carbonyl (C=O) groups is 1. The summed E-state index contributed by atoms with van der Waals surface area (Å²) in [6.45, 7) is 4.77. The average Bonchev–Trinajstić information content (AvgIpc) is 3.35. The number of hydrogen-bond acceptors (Lipinski definition) is 5. The highest BCUT2D eigenvalue weighted by atomic mass is 16.5. The fraction of sp³-hybridized carbons (Fsp3) is 0.375. The number of amides is 1. The Hall–Kier alpha value is -3.19. The lowest BCUT2D eigenvalue weighted by molar-refractivity contribution is 0.0272. The first-order valence-electron chi connectivity index (χ1n) is 10.6. The molecule has 2 heterocycles. The van der Waals surface area contributed by atoms with Crippen molar-refractivity contribution in [2.45, 2.75) is 51.9 Å². The number of benzene rings is 1. The van der Waals surface area contributed by atoms with Crippen LogP contribution in [0.4, 0.5) is 5.82 Å². The number of nitrogens with one attached hydrogen (secondary N) is 1. The van der Waals surface area contributed by atoms with Gasteiger partial charge in [0.05, 0.1) is 30.5 Å². The molecule has 3 N–H and O–H groups in total. The van der Waals surface area contributed by atoms with Gasteiger partial charge >= 0.3 is 0 Å². The molecule has 1 amide bonds. The predicted octanol–water partition coefficient (Wildman–Crippen LogP) is 3.55. The van der Waals surface area contributed by atoms with Gasteiger partial charge in [-0.25, -0.2) is 0 Å². The van der Waals surface area contributed by atoms with E-state index in [-0.39, 0.29) is 18.1 Å². The first kappa shape index (κ1) is 21.1. The smallest absolute Gasteiger partial charge is 0.253 e. The van der Waals surface area contributed by atoms with Crippen LogP contribution in [0.2, 0.25) is 0 Å². The summed E-state index contributed by atoms with van der Waals surface area (Å²) in [7, 11) is 1.78. The van der Waals surface area contributed by atoms with Crippen molar-refractivity contribution in [1.82, 2.24) is 20.1 Å². The maximum absolute atomic E-state index is 12.9. The number of aromatic nitrogens is 3. The molecule has 1 aliphatic carbocycles. The summed E-state index contributed by atoms with van der Waals surface area (Å²) in [5.74, 6) is 0.387. The zero-order valence-electron chi connectivity index (χ0n) is 18.3. The van der Waals surface area contributed by atoms with E-state index in [2.05, 4.69) is 47.4 Å². The molecule has 0 spiro atoms. The summed E-state index contributed by atoms with van der Waals surface area (Å²) in [5.41, 5.74) is 11.8. The average molecular weight is 420 g/mol. The molecular weight excluding hydrogens is 390 g/mol. The molecule has 2 aromatic heterocycles. The van der Waals surface area contributed by atoms with Crippen molar-refractivity contribution in [1.29, 1.82) is 0 Å². The molecule has 0 aliphatic heterocycles. The molecule has 4 rings (SSSR count). The van der Waals surface area contributed by atoms with E-state index in [0.29, 0.717) is 18.0 Å². The highest BCUT2D eigenvalue weighted by molar-refractivity contribution is 5.95. The maximum Gasteiger partial charge on any atom is 0.253 e. The van der Waals surface area contributed by atoms with E-state index >= 15 is 0 Å². The first-order chi connectivity index (χ1) is 14.9. The van der Waals surface area contributed by atoms with Gasteiger partial charge in [-0.05, 0) is 55.9 Å². The molecule has 2 unspecified atom stereocenters. The topological polar surface area (TPSA) is 95.1 Å². The van der Waals surface area contributed by atoms with E-state index in [1.165, 1.54) is 11.1 Å². The van der Waals surface area contributed by atoms with Gasteiger partial charge in [-0.15, -0.1) is 0 Å². The van der Waals surface area contributed by atoms with Crippen LogP contribution in [0.25, 0.3) is 11.1 Å². The Morgan fingerprint density at radius 3 is 2.77 bits per heavy atom. The van der Waals surface area contributed by atoms with Gasteiger partial charge in [0.25, 0.3) is 5.91 Å². The van der Waals surface area contributed by atoms with Gasteiger partial charge in [0.2, 0.25) is 0 Å². The second kappa shape index (κ2) is 8.89. The van der Waals surface area contributed by atoms with Crippen molar-refractivity contribution in [3.05, 3.63) is 65.1 Å². The third-order valence-corrected chi connectivity index (χ3v) is 6.10. The monoisotopic (exact) mass is 419 g/mol. The van der Waals surface area contributed by atoms with Crippen LogP contribution in [0.15, 0.2) is 42.9 Å². The zero-order valence-corrected chi connectivity index (χ0v) is 18.3. The highest BCUT2D eigenvalue weighted by Crippen LogP contribution is 2.26. The molecule has 1 aromatic carbocycles. The van der Waals surface area contributed by atoms with Gasteiger partial charge in [0, 0.05) is 30.6 Å². The van der Waals surface area contributed by atoms with E-state index < -0.39 is 0 Å². The number of anilines is 1. The van der Waals surface area contributed by atoms with Crippen molar-refractivity contribution in [2.75, 3.05) is 5.73 Å². The Balaban J connectivity index is 1.41. The number of hydrogen-bond donors (Lipinski definition) is 2. The van der Waals surface area contributed by atoms with Crippen LogP contribution in [-0.2, 0) is 18.4 Å². The molecule has 7 nitrogen and oxygen atoms in total. The van der Waals surface area contributed by atoms with E-state index in [9.17, 15) is 4.79 Å². The summed E-state index contributed by atoms with van der Waals surface area (Å²) in [6, 6.07) is 8.18. The second-order valence-corrected chi connectivity index (χ2v) is 8.31. The maximum atomic E-state index is 12.9. The quantitative estimate of drug-likeness (QED) is 0.637. The molecule has 1 saturated carbocycles. The normalized spacial score (nSPS) is 18.3. The van der Waals surface area contributed by atoms with Crippen LogP contribution in [0, 0.1) is 13.8 Å². The van der Waals surface area contributed by atoms with Crippen LogP contribution in [0.5, 0.6) is 0 Å². The molecule has 1 fully saturated rings. The molecule has 0 radical (unpaired) electrons. The van der Waals surface area contributed by atoms with Gasteiger partial charge in [-0.3, -0.25) is 14.5 Å². The van der Waals surface area contributed by atoms with Crippen LogP contribution >= 0.6 is 0 Å². The molecule has 2 atom stereocenters. The van der Waals surface area contributed by atoms with Crippen molar-refractivity contribution in [3.63, 3.8) is 0 Å². The number of carbonyl (C=O) groups excluding carboxylic acids is 1. The van der Waals surface area contributed by atoms with Crippen molar-refractivity contribution in [3.8, 4) is 11.1 Å². The second-order valence-electron chi connectivity index (χ2n) is 8.31. The molecular formula is C24H29N5O2. The fourth-order valence-corrected chi connectivity index (χ4v) is 4.02. The lowest BCUT2D eigenvalue weighted by atomic mass is 10.1. The minimum Gasteiger partial charge on any atom is -0.383 e. The Kier molecular flexibility index (Phi) is 6.04. The number of ether oxygens (including phenoxy) is 1. The zero-order chi connectivity index (χ0) is 22.0. The number of nitrogen functional groups attached to an aromatic ring is 1. The standard InChI is InChI=1S/C24H29N5O2/c1-15-7-8-17(9-16(15)2)14-31-22-6-4-5-21(22)28-24(30)19-10-18(11-26-12-19)20-13-27-29(3)23(20)25/h7-13,21-22H,4-6,14,25H2,1-3H3,(H,28,30). The lowest BCUT2D eigenvalue weighted by Crippen LogP contribution is -2.41. The molecule has 162 valence electrons. The number of pyridine rings is 1. The Morgan fingerprint density at radius 1 is 1.19 bits per heavy atom. The van der Waals surface area contributed by atoms with Crippen LogP contribution in [0.3, 0.4) is 0 Å². The minimum atomic E-state index is -0.150. The van der Waals surface area contributed by atoms with E-state index in [1.807, 2.05) is 0 Å². The largest absolute Gasteiger partial charge is 0.383 e. The molecule has 0 saturated heterocycles. The predicted molar refractivity (Wildman–Crippen MR) is 120 cm³/mol. The molecule has 31 heavy (non-hydrogen) atoms. The Labute approximate surface area is 182 Å². The Morgan fingerprint density at radius 2 is 2.03 bits per heavy atom. The van der Waals surface area contributed by atoms with Crippen LogP contribution in [0.1, 0.15) is 46.3 Å². The highest BCUT2D eigenvalue weighted by Gasteiger charge is 2.29. The van der Waals surface area contributed by atoms with E-state index in [1.54, 1.807) is 36.4 Å². The molecule has 0 bridgehead atoms. The summed E-state index contributed by atoms with van der Waals surface area (Å²) in [5, 5.41) is 7.31. The number of nitrogens with zero attached hydrogens (tertiary/aromatic N) is 3. The summed E-state index contributed by atoms with van der Waals surface area (Å²) < 4.78 is 7.78. The fourth-order valence-electron chi connectivity index (χ4n) is 4.02. The number of rotatable bonds is 6. The summed E-state index contributed by atoms with van der Waals surface area (Å²) in [6.07, 6.45) is 7.84. The Bertz CT molecular complexity index is 1090. The third kappa shape index (κ3) is 4.61. The summed E-state index contributed by atoms with van der Waals surface area (Å²) in [4.78, 5) is 17.2. The van der Waals surface area contributed by atoms with Gasteiger partial charge in [0.15, 0.2) is 0 Å². The number of aryl methyl sites for hydroxylation is 3. The number of nitrogens with two attached hydrogens (primary N) is 1. The van der Waals surface area contributed by atoms with Gasteiger partial charge in [-0.2, -0.15) is 5.10 Å². The van der Waals surface area contributed by atoms with Crippen molar-refractivity contribution in [2.24, 2.45) is 7.05 Å². The van der Waals surface area contributed by atoms with E-state index in [0.717, 1.165) is 36.0 Å². The SMILES string of the molecule is Cc1ccc(COC2CCCC2NC(=O)c2cncc(-c3cnn(C)c3N)c2)cc1C. The van der Waals surface area contributed by atoms with Gasteiger partial charge in [-0.1, -0.05) is 18.2 Å². The summed E-state index contributed by atoms with van der Waals surface area (Å²) >= 11 is 0.